The van der Waals surface area contributed by atoms with E-state index in [0.29, 0.717) is 5.70 Å². The van der Waals surface area contributed by atoms with Gasteiger partial charge in [-0.05, 0) is 16.4 Å². The maximum Gasteiger partial charge on any atom is 0.274 e. The van der Waals surface area contributed by atoms with Crippen LogP contribution in [0.1, 0.15) is 5.69 Å². The second-order valence-corrected chi connectivity index (χ2v) is 6.38. The quantitative estimate of drug-likeness (QED) is 0.126. The molecule has 11 nitrogen and oxygen atoms in total. The van der Waals surface area contributed by atoms with Gasteiger partial charge in [-0.25, -0.2) is 19.5 Å². The molecule has 1 aromatic rings. The molecule has 0 aromatic carbocycles. The normalized spacial score (nSPS) is 21.0. The number of nitrogens with zero attached hydrogens (tertiary/aromatic N) is 3. The van der Waals surface area contributed by atoms with Crippen LogP contribution in [0.4, 0.5) is 5.82 Å². The first kappa shape index (κ1) is 19.2. The molecule has 1 aliphatic rings. The third-order valence-corrected chi connectivity index (χ3v) is 3.68. The third kappa shape index (κ3) is 5.70. The molecule has 2 rings (SSSR count). The van der Waals surface area contributed by atoms with Crippen molar-refractivity contribution in [1.29, 1.82) is 0 Å². The largest absolute Gasteiger partial charge is 0.364 e. The zero-order valence-electron chi connectivity index (χ0n) is 13.0. The molecule has 6 N–H and O–H groups in total. The summed E-state index contributed by atoms with van der Waals surface area (Å²) in [5.41, 5.74) is 2.44. The van der Waals surface area contributed by atoms with Crippen LogP contribution in [0.3, 0.4) is 0 Å². The molecule has 1 aromatic heterocycles. The lowest BCUT2D eigenvalue weighted by molar-refractivity contribution is 0.233. The molecule has 0 spiro atoms. The molecule has 25 heavy (non-hydrogen) atoms. The van der Waals surface area contributed by atoms with Crippen molar-refractivity contribution in [3.8, 4) is 0 Å². The summed E-state index contributed by atoms with van der Waals surface area (Å²) < 4.78 is 28.3. The molecule has 0 unspecified atom stereocenters. The molecule has 1 heterocycles. The highest BCUT2D eigenvalue weighted by Gasteiger charge is 2.18. The van der Waals surface area contributed by atoms with E-state index in [0.717, 1.165) is 0 Å². The molecular weight excluding hydrogens is 348 g/mol. The predicted molar refractivity (Wildman–Crippen MR) is 91.6 cm³/mol. The Kier molecular flexibility index (Phi) is 6.36. The van der Waals surface area contributed by atoms with Crippen LogP contribution in [0.5, 0.6) is 0 Å². The number of allylic oxidation sites excluding steroid dienone is 3. The van der Waals surface area contributed by atoms with Crippen LogP contribution in [0.2, 0.25) is 11.6 Å². The Morgan fingerprint density at radius 3 is 2.76 bits per heavy atom. The molecule has 2 atom stereocenters. The molecule has 130 valence electrons. The van der Waals surface area contributed by atoms with Crippen LogP contribution in [-0.2, 0) is 10.2 Å². The first-order valence-corrected chi connectivity index (χ1v) is 8.59. The lowest BCUT2D eigenvalue weighted by Crippen LogP contribution is -2.34. The number of anilines is 1. The first-order chi connectivity index (χ1) is 11.8. The molecule has 0 fully saturated rings. The minimum absolute atomic E-state index is 0.00476. The fourth-order valence-electron chi connectivity index (χ4n) is 1.87. The summed E-state index contributed by atoms with van der Waals surface area (Å²) in [6.07, 6.45) is 4.94. The van der Waals surface area contributed by atoms with E-state index in [1.54, 1.807) is 18.2 Å². The van der Waals surface area contributed by atoms with E-state index in [4.69, 9.17) is 20.8 Å². The fraction of sp³-hybridized carbons (Fsp3) is 0.364. The van der Waals surface area contributed by atoms with Crippen LogP contribution >= 0.6 is 0 Å². The Hall–Kier alpha value is -2.15. The van der Waals surface area contributed by atoms with Crippen LogP contribution < -0.4 is 20.7 Å². The Morgan fingerprint density at radius 2 is 2.12 bits per heavy atom. The summed E-state index contributed by atoms with van der Waals surface area (Å²) in [6, 6.07) is 0. The van der Waals surface area contributed by atoms with Gasteiger partial charge in [-0.2, -0.15) is 8.42 Å². The Balaban J connectivity index is 2.09. The van der Waals surface area contributed by atoms with Gasteiger partial charge in [-0.1, -0.05) is 23.8 Å². The van der Waals surface area contributed by atoms with E-state index in [1.807, 2.05) is 5.48 Å². The van der Waals surface area contributed by atoms with Gasteiger partial charge < -0.3 is 5.32 Å². The third-order valence-electron chi connectivity index (χ3n) is 3.08. The number of rotatable bonds is 7. The number of hydrogen-bond acceptors (Lipinski definition) is 8. The van der Waals surface area contributed by atoms with Gasteiger partial charge in [0.05, 0.1) is 21.4 Å². The SMILES string of the molecule is [B][C@@H]1C=CC(N=C(NO)c2nonc2NCCNS(N)(=O)=O)=C[C@@H]1[B]. The molecule has 4 radical (unpaired) electrons. The van der Waals surface area contributed by atoms with Crippen molar-refractivity contribution in [3.05, 3.63) is 29.6 Å². The van der Waals surface area contributed by atoms with Crippen molar-refractivity contribution >= 4 is 37.6 Å². The van der Waals surface area contributed by atoms with Crippen LogP contribution in [-0.4, -0.2) is 58.6 Å². The summed E-state index contributed by atoms with van der Waals surface area (Å²) in [5.74, 6) is -0.651. The molecule has 0 bridgehead atoms. The Morgan fingerprint density at radius 1 is 1.36 bits per heavy atom. The molecule has 0 aliphatic heterocycles. The summed E-state index contributed by atoms with van der Waals surface area (Å²) in [5, 5.41) is 24.2. The van der Waals surface area contributed by atoms with Crippen molar-refractivity contribution in [3.63, 3.8) is 0 Å². The number of amidine groups is 1. The summed E-state index contributed by atoms with van der Waals surface area (Å²) in [6.45, 7) is 0.142. The zero-order chi connectivity index (χ0) is 18.4. The standard InChI is InChI=1S/C11H15B2N7O4S/c12-7-2-1-6(5-8(7)13)17-11(18-21)9-10(20-24-19-9)15-3-4-16-25(14,22)23/h1-2,5,7-8,16,21H,3-4H2,(H,15,20)(H,17,18)(H2,14,22,23)/t7-,8+/m1/s1. The van der Waals surface area contributed by atoms with Crippen LogP contribution in [0, 0.1) is 0 Å². The van der Waals surface area contributed by atoms with E-state index >= 15 is 0 Å². The van der Waals surface area contributed by atoms with Gasteiger partial charge in [0, 0.05) is 13.1 Å². The smallest absolute Gasteiger partial charge is 0.274 e. The molecule has 0 amide bonds. The summed E-state index contributed by atoms with van der Waals surface area (Å²) >= 11 is 0. The van der Waals surface area contributed by atoms with Gasteiger partial charge in [0.25, 0.3) is 10.2 Å². The van der Waals surface area contributed by atoms with Gasteiger partial charge >= 0.3 is 0 Å². The minimum Gasteiger partial charge on any atom is -0.364 e. The maximum atomic E-state index is 10.8. The van der Waals surface area contributed by atoms with E-state index in [1.165, 1.54) is 0 Å². The lowest BCUT2D eigenvalue weighted by Gasteiger charge is -2.18. The van der Waals surface area contributed by atoms with Gasteiger partial charge in [0.15, 0.2) is 11.5 Å². The van der Waals surface area contributed by atoms with Crippen molar-refractivity contribution in [2.45, 2.75) is 11.6 Å². The number of nitrogens with two attached hydrogens (primary N) is 1. The van der Waals surface area contributed by atoms with Crippen LogP contribution in [0.25, 0.3) is 0 Å². The van der Waals surface area contributed by atoms with Crippen molar-refractivity contribution in [2.75, 3.05) is 18.4 Å². The average molecular weight is 363 g/mol. The lowest BCUT2D eigenvalue weighted by atomic mass is 9.65. The highest BCUT2D eigenvalue weighted by atomic mass is 32.2. The van der Waals surface area contributed by atoms with Gasteiger partial charge in [0.2, 0.25) is 5.82 Å². The highest BCUT2D eigenvalue weighted by molar-refractivity contribution is 7.87. The van der Waals surface area contributed by atoms with Gasteiger partial charge in [0.1, 0.15) is 0 Å². The number of aliphatic imine (C=N–C) groups is 1. The molecule has 1 aliphatic carbocycles. The van der Waals surface area contributed by atoms with E-state index in [-0.39, 0.29) is 36.3 Å². The van der Waals surface area contributed by atoms with E-state index in [2.05, 4.69) is 30.0 Å². The Bertz CT molecular complexity index is 792. The first-order valence-electron chi connectivity index (χ1n) is 7.04. The topological polar surface area (TPSA) is 168 Å². The molecule has 14 heteroatoms. The fourth-order valence-corrected chi connectivity index (χ4v) is 2.26. The Labute approximate surface area is 146 Å². The number of nitrogens with one attached hydrogen (secondary N) is 3. The highest BCUT2D eigenvalue weighted by Crippen LogP contribution is 2.28. The molecular formula is C11H15B2N7O4S. The number of hydrogen-bond donors (Lipinski definition) is 5. The summed E-state index contributed by atoms with van der Waals surface area (Å²) in [7, 11) is 7.78. The minimum atomic E-state index is -3.79. The summed E-state index contributed by atoms with van der Waals surface area (Å²) in [4.78, 5) is 4.17. The van der Waals surface area contributed by atoms with E-state index < -0.39 is 16.0 Å². The second-order valence-electron chi connectivity index (χ2n) is 5.01. The van der Waals surface area contributed by atoms with Crippen molar-refractivity contribution in [1.82, 2.24) is 20.5 Å². The van der Waals surface area contributed by atoms with Gasteiger partial charge in [-0.15, -0.1) is 0 Å². The zero-order valence-corrected chi connectivity index (χ0v) is 13.8. The maximum absolute atomic E-state index is 10.8. The average Bonchev–Trinajstić information content (AvgIpc) is 3.00. The monoisotopic (exact) mass is 363 g/mol. The molecule has 0 saturated carbocycles. The molecule has 0 saturated heterocycles. The van der Waals surface area contributed by atoms with Crippen molar-refractivity contribution < 1.29 is 18.3 Å². The predicted octanol–water partition coefficient (Wildman–Crippen LogP) is -1.63. The van der Waals surface area contributed by atoms with Crippen LogP contribution in [0.15, 0.2) is 33.5 Å². The number of aromatic nitrogens is 2. The van der Waals surface area contributed by atoms with E-state index in [9.17, 15) is 13.6 Å². The van der Waals surface area contributed by atoms with Gasteiger partial charge in [-0.3, -0.25) is 10.7 Å². The van der Waals surface area contributed by atoms with Crippen molar-refractivity contribution in [2.24, 2.45) is 10.1 Å². The number of hydroxylamine groups is 1. The second kappa shape index (κ2) is 8.29.